The normalized spacial score (nSPS) is 34.9. The van der Waals surface area contributed by atoms with Crippen LogP contribution in [0.2, 0.25) is 0 Å². The number of unbranched alkanes of at least 4 members (excludes halogenated alkanes) is 4. The first kappa shape index (κ1) is 64.1. The zero-order chi connectivity index (χ0) is 58.7. The minimum atomic E-state index is -0.613. The molecule has 0 aliphatic heterocycles. The Kier molecular flexibility index (Phi) is 22.6. The molecule has 16 atom stereocenters. The van der Waals surface area contributed by atoms with Gasteiger partial charge in [0, 0.05) is 25.7 Å². The summed E-state index contributed by atoms with van der Waals surface area (Å²) in [4.78, 5) is 50.5. The third-order valence-electron chi connectivity index (χ3n) is 24.0. The number of fused-ring (bicyclic) bond motifs is 10. The van der Waals surface area contributed by atoms with E-state index in [-0.39, 0.29) is 49.3 Å². The van der Waals surface area contributed by atoms with Gasteiger partial charge in [-0.25, -0.2) is 9.59 Å². The summed E-state index contributed by atoms with van der Waals surface area (Å²) >= 11 is 0. The Hall–Kier alpha value is -3.92. The molecule has 2 amide bonds. The van der Waals surface area contributed by atoms with E-state index in [4.69, 9.17) is 18.9 Å². The second-order valence-corrected chi connectivity index (χ2v) is 29.8. The van der Waals surface area contributed by atoms with E-state index in [0.29, 0.717) is 36.5 Å². The monoisotopic (exact) mass is 1130 g/mol. The van der Waals surface area contributed by atoms with Crippen molar-refractivity contribution in [1.29, 1.82) is 0 Å². The van der Waals surface area contributed by atoms with Gasteiger partial charge in [0.15, 0.2) is 0 Å². The van der Waals surface area contributed by atoms with Gasteiger partial charge < -0.3 is 29.6 Å². The largest absolute Gasteiger partial charge is 0.461 e. The van der Waals surface area contributed by atoms with Gasteiger partial charge in [0.05, 0.1) is 13.2 Å². The maximum absolute atomic E-state index is 12.9. The zero-order valence-corrected chi connectivity index (χ0v) is 53.1. The van der Waals surface area contributed by atoms with Crippen LogP contribution in [0.1, 0.15) is 249 Å². The molecule has 0 radical (unpaired) electrons. The minimum absolute atomic E-state index is 0.144. The van der Waals surface area contributed by atoms with Crippen LogP contribution in [0.5, 0.6) is 0 Å². The summed E-state index contributed by atoms with van der Waals surface area (Å²) in [6.07, 6.45) is 34.6. The Morgan fingerprint density at radius 3 is 1.33 bits per heavy atom. The number of allylic oxidation sites excluding steroid dienone is 2. The highest BCUT2D eigenvalue weighted by Gasteiger charge is 2.61. The lowest BCUT2D eigenvalue weighted by molar-refractivity contribution is -0.151. The van der Waals surface area contributed by atoms with Crippen molar-refractivity contribution < 1.29 is 38.1 Å². The van der Waals surface area contributed by atoms with E-state index in [2.05, 4.69) is 116 Å². The van der Waals surface area contributed by atoms with E-state index in [1.54, 1.807) is 0 Å². The first-order valence-electron chi connectivity index (χ1n) is 33.8. The molecule has 6 fully saturated rings. The van der Waals surface area contributed by atoms with Crippen molar-refractivity contribution in [2.24, 2.45) is 92.7 Å². The van der Waals surface area contributed by atoms with Crippen LogP contribution in [0.25, 0.3) is 0 Å². The third kappa shape index (κ3) is 15.4. The fourth-order valence-corrected chi connectivity index (χ4v) is 19.5. The standard InChI is InChI=1S/C72H112N2O8/c1-49(2)23-21-25-51(5)59-31-33-61-57-29-27-53-45-55(35-39-69(53,7)63(57)37-41-71(59,61)9)81-65(75)47-73-67(77)79-43-19-17-15-13-11-12-14-16-18-20-44-80-68(78)74-48-66(76)82-56-36-40-70(8)54(46-56)28-30-58-62-34-32-60(52(6)26-22-24-50(3)4)72(62,10)42-38-64(58)70/h27-28,49-52,55-64H,15-26,29-48H2,1-10H3,(H,73,77)(H,74,78)/t51-,52-,55+,56+,57+,58+,59-,60-,61+,62+,63+,64+,69+,70+,71-,72-/m1/s1. The maximum atomic E-state index is 12.9. The molecule has 82 heavy (non-hydrogen) atoms. The lowest BCUT2D eigenvalue weighted by Gasteiger charge is -2.58. The van der Waals surface area contributed by atoms with Crippen LogP contribution < -0.4 is 10.6 Å². The predicted molar refractivity (Wildman–Crippen MR) is 328 cm³/mol. The fourth-order valence-electron chi connectivity index (χ4n) is 19.5. The van der Waals surface area contributed by atoms with Crippen LogP contribution >= 0.6 is 0 Å². The third-order valence-corrected chi connectivity index (χ3v) is 24.0. The second-order valence-electron chi connectivity index (χ2n) is 29.8. The highest BCUT2D eigenvalue weighted by molar-refractivity contribution is 5.78. The molecule has 0 heterocycles. The number of alkyl carbamates (subject to hydrolysis) is 2. The summed E-state index contributed by atoms with van der Waals surface area (Å²) in [5, 5.41) is 5.16. The topological polar surface area (TPSA) is 129 Å². The molecular formula is C72H112N2O8. The van der Waals surface area contributed by atoms with E-state index in [9.17, 15) is 19.2 Å². The Bertz CT molecular complexity index is 2210. The van der Waals surface area contributed by atoms with E-state index >= 15 is 0 Å². The van der Waals surface area contributed by atoms with Gasteiger partial charge in [-0.05, 0) is 220 Å². The number of ether oxygens (including phenoxy) is 4. The number of hydrogen-bond donors (Lipinski definition) is 2. The highest BCUT2D eigenvalue weighted by Crippen LogP contribution is 2.69. The summed E-state index contributed by atoms with van der Waals surface area (Å²) < 4.78 is 22.5. The number of hydrogen-bond acceptors (Lipinski definition) is 8. The van der Waals surface area contributed by atoms with Crippen LogP contribution in [0.3, 0.4) is 0 Å². The Labute approximate surface area is 497 Å². The summed E-state index contributed by atoms with van der Waals surface area (Å²) in [6.45, 7) is 24.9. The zero-order valence-electron chi connectivity index (χ0n) is 53.1. The number of esters is 2. The number of carbonyl (C=O) groups is 4. The van der Waals surface area contributed by atoms with Gasteiger partial charge in [0.1, 0.15) is 25.3 Å². The van der Waals surface area contributed by atoms with Gasteiger partial charge in [-0.1, -0.05) is 143 Å². The van der Waals surface area contributed by atoms with Crippen LogP contribution in [0.15, 0.2) is 23.3 Å². The van der Waals surface area contributed by atoms with Crippen molar-refractivity contribution in [3.63, 3.8) is 0 Å². The van der Waals surface area contributed by atoms with Crippen molar-refractivity contribution >= 4 is 24.1 Å². The van der Waals surface area contributed by atoms with Crippen molar-refractivity contribution in [2.75, 3.05) is 26.3 Å². The molecule has 2 N–H and O–H groups in total. The molecule has 0 aromatic rings. The summed E-state index contributed by atoms with van der Waals surface area (Å²) in [5.74, 6) is 20.6. The van der Waals surface area contributed by atoms with Crippen molar-refractivity contribution in [1.82, 2.24) is 10.6 Å². The Balaban J connectivity index is 0.618. The number of rotatable bonds is 24. The fraction of sp³-hybridized carbons (Fsp3) is 0.833. The smallest absolute Gasteiger partial charge is 0.407 e. The van der Waals surface area contributed by atoms with Gasteiger partial charge in [0.25, 0.3) is 0 Å². The van der Waals surface area contributed by atoms with Gasteiger partial charge >= 0.3 is 24.1 Å². The molecule has 8 aliphatic rings. The first-order chi connectivity index (χ1) is 39.2. The van der Waals surface area contributed by atoms with Crippen LogP contribution in [-0.4, -0.2) is 62.6 Å². The molecule has 458 valence electrons. The van der Waals surface area contributed by atoms with E-state index in [1.165, 1.54) is 114 Å². The van der Waals surface area contributed by atoms with Gasteiger partial charge in [-0.2, -0.15) is 0 Å². The lowest BCUT2D eigenvalue weighted by Crippen LogP contribution is -2.51. The molecule has 0 aromatic heterocycles. The van der Waals surface area contributed by atoms with E-state index < -0.39 is 24.1 Å². The Morgan fingerprint density at radius 1 is 0.512 bits per heavy atom. The van der Waals surface area contributed by atoms with E-state index in [0.717, 1.165) is 122 Å². The molecule has 10 heteroatoms. The average molecular weight is 1130 g/mol. The lowest BCUT2D eigenvalue weighted by atomic mass is 9.47. The van der Waals surface area contributed by atoms with Gasteiger partial charge in [-0.3, -0.25) is 9.59 Å². The molecular weight excluding hydrogens is 1020 g/mol. The second kappa shape index (κ2) is 29.0. The van der Waals surface area contributed by atoms with Crippen molar-refractivity contribution in [3.05, 3.63) is 23.3 Å². The number of nitrogens with one attached hydrogen (secondary N) is 2. The van der Waals surface area contributed by atoms with Crippen LogP contribution in [0.4, 0.5) is 9.59 Å². The first-order valence-corrected chi connectivity index (χ1v) is 33.8. The van der Waals surface area contributed by atoms with Gasteiger partial charge in [-0.15, -0.1) is 0 Å². The summed E-state index contributed by atoms with van der Waals surface area (Å²) in [5.41, 5.74) is 4.33. The van der Waals surface area contributed by atoms with Crippen molar-refractivity contribution in [2.45, 2.75) is 261 Å². The molecule has 10 nitrogen and oxygen atoms in total. The highest BCUT2D eigenvalue weighted by atomic mass is 16.6. The molecule has 8 rings (SSSR count). The molecule has 6 saturated carbocycles. The molecule has 0 spiro atoms. The molecule has 0 unspecified atom stereocenters. The van der Waals surface area contributed by atoms with Crippen LogP contribution in [0, 0.1) is 116 Å². The minimum Gasteiger partial charge on any atom is -0.461 e. The predicted octanol–water partition coefficient (Wildman–Crippen LogP) is 16.7. The molecule has 8 aliphatic carbocycles. The number of carbonyl (C=O) groups excluding carboxylic acids is 4. The SMILES string of the molecule is CC(C)CCC[C@@H](C)[C@H]1CC[C@H]2[C@@H]3CC=C4C[C@@H](OC(=O)CNC(=O)OCCCCC#CC#CCCCCOC(=O)NCC(=O)O[C@H]5CC[C@@]6(C)C(=CC[C@H]7[C@@H]8CC[C@H]([C@H](C)CCCC(C)C)[C@@]8(C)CC[C@@H]76)C5)CC[C@]4(C)[C@H]3CC[C@]12C. The van der Waals surface area contributed by atoms with Crippen molar-refractivity contribution in [3.8, 4) is 23.7 Å². The van der Waals surface area contributed by atoms with Gasteiger partial charge in [0.2, 0.25) is 0 Å². The molecule has 0 aromatic carbocycles. The molecule has 0 saturated heterocycles. The number of amides is 2. The Morgan fingerprint density at radius 2 is 0.927 bits per heavy atom. The summed E-state index contributed by atoms with van der Waals surface area (Å²) in [7, 11) is 0. The van der Waals surface area contributed by atoms with Crippen LogP contribution in [-0.2, 0) is 28.5 Å². The average Bonchev–Trinajstić information content (AvgIpc) is 3.10. The van der Waals surface area contributed by atoms with E-state index in [1.807, 2.05) is 0 Å². The maximum Gasteiger partial charge on any atom is 0.407 e. The quantitative estimate of drug-likeness (QED) is 0.0321. The molecule has 0 bridgehead atoms. The summed E-state index contributed by atoms with van der Waals surface area (Å²) in [6, 6.07) is 0.